The summed E-state index contributed by atoms with van der Waals surface area (Å²) in [6, 6.07) is 4.77. The molecule has 1 aliphatic rings. The standard InChI is InChI=1S/C13H17ClFN/c14-11-8-10(5-6-12(11)15)13(16)7-9-3-1-2-4-9/h5-6,8-9,13H,1-4,7,16H2. The number of rotatable bonds is 3. The fourth-order valence-corrected chi connectivity index (χ4v) is 2.67. The van der Waals surface area contributed by atoms with Crippen LogP contribution in [0, 0.1) is 11.7 Å². The van der Waals surface area contributed by atoms with Crippen LogP contribution in [0.3, 0.4) is 0 Å². The van der Waals surface area contributed by atoms with Crippen molar-refractivity contribution in [2.45, 2.75) is 38.1 Å². The highest BCUT2D eigenvalue weighted by Gasteiger charge is 2.19. The predicted molar refractivity (Wildman–Crippen MR) is 64.9 cm³/mol. The van der Waals surface area contributed by atoms with Gasteiger partial charge in [0.15, 0.2) is 0 Å². The third kappa shape index (κ3) is 2.74. The quantitative estimate of drug-likeness (QED) is 0.849. The SMILES string of the molecule is NC(CC1CCCC1)c1ccc(F)c(Cl)c1. The summed E-state index contributed by atoms with van der Waals surface area (Å²) < 4.78 is 13.0. The Hall–Kier alpha value is -0.600. The van der Waals surface area contributed by atoms with Crippen molar-refractivity contribution < 1.29 is 4.39 Å². The van der Waals surface area contributed by atoms with Crippen molar-refractivity contribution in [1.29, 1.82) is 0 Å². The summed E-state index contributed by atoms with van der Waals surface area (Å²) in [6.45, 7) is 0. The minimum Gasteiger partial charge on any atom is -0.324 e. The first-order valence-corrected chi connectivity index (χ1v) is 6.25. The lowest BCUT2D eigenvalue weighted by Gasteiger charge is -2.16. The molecule has 0 saturated heterocycles. The van der Waals surface area contributed by atoms with E-state index >= 15 is 0 Å². The van der Waals surface area contributed by atoms with Crippen molar-refractivity contribution in [3.8, 4) is 0 Å². The van der Waals surface area contributed by atoms with Gasteiger partial charge in [-0.3, -0.25) is 0 Å². The van der Waals surface area contributed by atoms with Crippen molar-refractivity contribution in [3.05, 3.63) is 34.6 Å². The van der Waals surface area contributed by atoms with Crippen LogP contribution < -0.4 is 5.73 Å². The third-order valence-corrected chi connectivity index (χ3v) is 3.72. The zero-order chi connectivity index (χ0) is 11.5. The van der Waals surface area contributed by atoms with Crippen molar-refractivity contribution in [1.82, 2.24) is 0 Å². The van der Waals surface area contributed by atoms with E-state index in [2.05, 4.69) is 0 Å². The van der Waals surface area contributed by atoms with Gasteiger partial charge in [0.05, 0.1) is 5.02 Å². The van der Waals surface area contributed by atoms with Crippen LogP contribution in [0.1, 0.15) is 43.7 Å². The minimum absolute atomic E-state index is 0.0128. The molecule has 0 amide bonds. The fraction of sp³-hybridized carbons (Fsp3) is 0.538. The van der Waals surface area contributed by atoms with E-state index in [0.717, 1.165) is 17.9 Å². The van der Waals surface area contributed by atoms with Crippen LogP contribution in [0.2, 0.25) is 5.02 Å². The van der Waals surface area contributed by atoms with E-state index in [-0.39, 0.29) is 16.9 Å². The Kier molecular flexibility index (Phi) is 3.82. The van der Waals surface area contributed by atoms with Gasteiger partial charge in [0.1, 0.15) is 5.82 Å². The molecule has 2 rings (SSSR count). The number of hydrogen-bond donors (Lipinski definition) is 1. The minimum atomic E-state index is -0.376. The first-order valence-electron chi connectivity index (χ1n) is 5.87. The van der Waals surface area contributed by atoms with E-state index < -0.39 is 0 Å². The number of nitrogens with two attached hydrogens (primary N) is 1. The maximum Gasteiger partial charge on any atom is 0.141 e. The Morgan fingerprint density at radius 1 is 1.38 bits per heavy atom. The summed E-state index contributed by atoms with van der Waals surface area (Å²) in [5, 5.41) is 0.166. The molecule has 1 nitrogen and oxygen atoms in total. The largest absolute Gasteiger partial charge is 0.324 e. The van der Waals surface area contributed by atoms with Gasteiger partial charge in [0.25, 0.3) is 0 Å². The maximum absolute atomic E-state index is 13.0. The molecule has 0 radical (unpaired) electrons. The van der Waals surface area contributed by atoms with Crippen LogP contribution in [-0.2, 0) is 0 Å². The number of benzene rings is 1. The molecule has 16 heavy (non-hydrogen) atoms. The highest BCUT2D eigenvalue weighted by atomic mass is 35.5. The first kappa shape index (κ1) is 11.9. The predicted octanol–water partition coefficient (Wildman–Crippen LogP) is 4.06. The van der Waals surface area contributed by atoms with Gasteiger partial charge in [0, 0.05) is 6.04 Å². The third-order valence-electron chi connectivity index (χ3n) is 3.43. The molecular formula is C13H17ClFN. The van der Waals surface area contributed by atoms with Gasteiger partial charge in [0.2, 0.25) is 0 Å². The molecule has 1 aromatic rings. The summed E-state index contributed by atoms with van der Waals surface area (Å²) in [5.74, 6) is 0.359. The monoisotopic (exact) mass is 241 g/mol. The van der Waals surface area contributed by atoms with Gasteiger partial charge in [-0.05, 0) is 30.0 Å². The van der Waals surface area contributed by atoms with Gasteiger partial charge < -0.3 is 5.73 Å². The zero-order valence-electron chi connectivity index (χ0n) is 9.26. The number of hydrogen-bond acceptors (Lipinski definition) is 1. The second-order valence-electron chi connectivity index (χ2n) is 4.67. The van der Waals surface area contributed by atoms with E-state index in [9.17, 15) is 4.39 Å². The maximum atomic E-state index is 13.0. The Balaban J connectivity index is 2.02. The van der Waals surface area contributed by atoms with E-state index in [4.69, 9.17) is 17.3 Å². The summed E-state index contributed by atoms with van der Waals surface area (Å²) >= 11 is 5.74. The summed E-state index contributed by atoms with van der Waals surface area (Å²) in [6.07, 6.45) is 6.19. The second-order valence-corrected chi connectivity index (χ2v) is 5.07. The molecule has 3 heteroatoms. The summed E-state index contributed by atoms with van der Waals surface area (Å²) in [5.41, 5.74) is 7.06. The molecule has 0 bridgehead atoms. The Labute approximate surface area is 101 Å². The molecule has 2 N–H and O–H groups in total. The molecule has 0 spiro atoms. The van der Waals surface area contributed by atoms with E-state index in [1.807, 2.05) is 0 Å². The lowest BCUT2D eigenvalue weighted by Crippen LogP contribution is -2.14. The summed E-state index contributed by atoms with van der Waals surface area (Å²) in [7, 11) is 0. The summed E-state index contributed by atoms with van der Waals surface area (Å²) in [4.78, 5) is 0. The molecule has 1 fully saturated rings. The molecule has 1 atom stereocenters. The Morgan fingerprint density at radius 2 is 2.06 bits per heavy atom. The molecule has 1 saturated carbocycles. The van der Waals surface area contributed by atoms with E-state index in [0.29, 0.717) is 0 Å². The first-order chi connectivity index (χ1) is 7.66. The molecule has 0 heterocycles. The van der Waals surface area contributed by atoms with Crippen LogP contribution in [0.15, 0.2) is 18.2 Å². The highest BCUT2D eigenvalue weighted by molar-refractivity contribution is 6.30. The Morgan fingerprint density at radius 3 is 2.69 bits per heavy atom. The van der Waals surface area contributed by atoms with E-state index in [1.165, 1.54) is 31.7 Å². The van der Waals surface area contributed by atoms with Crippen LogP contribution in [0.4, 0.5) is 4.39 Å². The van der Waals surface area contributed by atoms with Crippen LogP contribution in [0.25, 0.3) is 0 Å². The average Bonchev–Trinajstić information content (AvgIpc) is 2.74. The normalized spacial score (nSPS) is 18.9. The van der Waals surface area contributed by atoms with E-state index in [1.54, 1.807) is 12.1 Å². The smallest absolute Gasteiger partial charge is 0.141 e. The number of halogens is 2. The zero-order valence-corrected chi connectivity index (χ0v) is 10.0. The van der Waals surface area contributed by atoms with Crippen LogP contribution in [-0.4, -0.2) is 0 Å². The lowest BCUT2D eigenvalue weighted by molar-refractivity contribution is 0.450. The second kappa shape index (κ2) is 5.15. The molecule has 1 aliphatic carbocycles. The molecule has 1 unspecified atom stereocenters. The van der Waals surface area contributed by atoms with Crippen molar-refractivity contribution in [2.75, 3.05) is 0 Å². The molecule has 1 aromatic carbocycles. The van der Waals surface area contributed by atoms with Crippen molar-refractivity contribution in [2.24, 2.45) is 11.7 Å². The molecule has 88 valence electrons. The van der Waals surface area contributed by atoms with Gasteiger partial charge in [-0.1, -0.05) is 43.4 Å². The van der Waals surface area contributed by atoms with Gasteiger partial charge in [-0.25, -0.2) is 4.39 Å². The van der Waals surface area contributed by atoms with Crippen molar-refractivity contribution >= 4 is 11.6 Å². The molecule has 0 aliphatic heterocycles. The van der Waals surface area contributed by atoms with Gasteiger partial charge in [-0.2, -0.15) is 0 Å². The highest BCUT2D eigenvalue weighted by Crippen LogP contribution is 2.32. The fourth-order valence-electron chi connectivity index (χ4n) is 2.48. The molecule has 0 aromatic heterocycles. The van der Waals surface area contributed by atoms with Crippen LogP contribution >= 0.6 is 11.6 Å². The lowest BCUT2D eigenvalue weighted by atomic mass is 9.94. The topological polar surface area (TPSA) is 26.0 Å². The van der Waals surface area contributed by atoms with Gasteiger partial charge >= 0.3 is 0 Å². The van der Waals surface area contributed by atoms with Crippen molar-refractivity contribution in [3.63, 3.8) is 0 Å². The van der Waals surface area contributed by atoms with Crippen LogP contribution in [0.5, 0.6) is 0 Å². The Bertz CT molecular complexity index is 361. The molecular weight excluding hydrogens is 225 g/mol. The average molecular weight is 242 g/mol. The van der Waals surface area contributed by atoms with Gasteiger partial charge in [-0.15, -0.1) is 0 Å².